The van der Waals surface area contributed by atoms with Gasteiger partial charge in [0.25, 0.3) is 5.91 Å². The van der Waals surface area contributed by atoms with Crippen molar-refractivity contribution < 1.29 is 14.7 Å². The molecule has 0 unspecified atom stereocenters. The number of likely N-dealkylation sites (tertiary alicyclic amines) is 1. The third-order valence-electron chi connectivity index (χ3n) is 3.68. The van der Waals surface area contributed by atoms with Crippen molar-refractivity contribution in [3.8, 4) is 0 Å². The van der Waals surface area contributed by atoms with Crippen molar-refractivity contribution in [3.63, 3.8) is 0 Å². The number of hydrogen-bond donors (Lipinski definition) is 1. The number of carbonyl (C=O) groups is 2. The number of aliphatic carboxylic acids is 1. The molecule has 1 fully saturated rings. The van der Waals surface area contributed by atoms with Crippen molar-refractivity contribution in [1.29, 1.82) is 0 Å². The van der Waals surface area contributed by atoms with Gasteiger partial charge in [-0.3, -0.25) is 4.79 Å². The second-order valence-electron chi connectivity index (χ2n) is 4.86. The molecule has 0 aromatic heterocycles. The molecule has 0 saturated carbocycles. The van der Waals surface area contributed by atoms with Crippen LogP contribution in [0.4, 0.5) is 0 Å². The van der Waals surface area contributed by atoms with Crippen LogP contribution in [0.3, 0.4) is 0 Å². The van der Waals surface area contributed by atoms with E-state index in [9.17, 15) is 14.7 Å². The van der Waals surface area contributed by atoms with Crippen LogP contribution in [-0.2, 0) is 11.2 Å². The van der Waals surface area contributed by atoms with Gasteiger partial charge in [0.05, 0.1) is 0 Å². The first-order valence-corrected chi connectivity index (χ1v) is 6.76. The van der Waals surface area contributed by atoms with Crippen LogP contribution in [-0.4, -0.2) is 34.5 Å². The summed E-state index contributed by atoms with van der Waals surface area (Å²) in [6.07, 6.45) is 3.07. The van der Waals surface area contributed by atoms with Gasteiger partial charge in [0.15, 0.2) is 0 Å². The minimum absolute atomic E-state index is 0.149. The number of piperidine rings is 1. The fourth-order valence-corrected chi connectivity index (χ4v) is 2.62. The van der Waals surface area contributed by atoms with Gasteiger partial charge in [-0.25, -0.2) is 4.79 Å². The Bertz CT molecular complexity index is 484. The largest absolute Gasteiger partial charge is 0.480 e. The Morgan fingerprint density at radius 2 is 2.05 bits per heavy atom. The summed E-state index contributed by atoms with van der Waals surface area (Å²) in [5.41, 5.74) is 1.61. The Kier molecular flexibility index (Phi) is 4.20. The minimum Gasteiger partial charge on any atom is -0.480 e. The van der Waals surface area contributed by atoms with Gasteiger partial charge in [-0.1, -0.05) is 25.1 Å². The molecule has 0 spiro atoms. The predicted octanol–water partition coefficient (Wildman–Crippen LogP) is 2.33. The molecule has 4 heteroatoms. The zero-order valence-electron chi connectivity index (χ0n) is 11.1. The summed E-state index contributed by atoms with van der Waals surface area (Å²) >= 11 is 0. The van der Waals surface area contributed by atoms with E-state index in [4.69, 9.17) is 0 Å². The molecule has 1 aromatic rings. The Balaban J connectivity index is 2.29. The second kappa shape index (κ2) is 5.87. The second-order valence-corrected chi connectivity index (χ2v) is 4.86. The lowest BCUT2D eigenvalue weighted by Gasteiger charge is -2.33. The average Bonchev–Trinajstić information content (AvgIpc) is 2.46. The number of benzene rings is 1. The van der Waals surface area contributed by atoms with Crippen LogP contribution in [0, 0.1) is 0 Å². The van der Waals surface area contributed by atoms with E-state index < -0.39 is 12.0 Å². The molecular formula is C15H19NO3. The van der Waals surface area contributed by atoms with Crippen molar-refractivity contribution in [1.82, 2.24) is 4.90 Å². The summed E-state index contributed by atoms with van der Waals surface area (Å²) in [5, 5.41) is 9.24. The molecule has 102 valence electrons. The quantitative estimate of drug-likeness (QED) is 0.908. The van der Waals surface area contributed by atoms with E-state index in [0.717, 1.165) is 24.8 Å². The van der Waals surface area contributed by atoms with Crippen LogP contribution >= 0.6 is 0 Å². The predicted molar refractivity (Wildman–Crippen MR) is 72.1 cm³/mol. The third kappa shape index (κ3) is 2.78. The summed E-state index contributed by atoms with van der Waals surface area (Å²) in [5.74, 6) is -1.05. The molecule has 0 radical (unpaired) electrons. The van der Waals surface area contributed by atoms with Gasteiger partial charge in [-0.2, -0.15) is 0 Å². The first kappa shape index (κ1) is 13.6. The molecule has 4 nitrogen and oxygen atoms in total. The maximum absolute atomic E-state index is 12.6. The lowest BCUT2D eigenvalue weighted by atomic mass is 9.98. The van der Waals surface area contributed by atoms with Crippen molar-refractivity contribution in [3.05, 3.63) is 35.4 Å². The van der Waals surface area contributed by atoms with Gasteiger partial charge in [0.2, 0.25) is 0 Å². The lowest BCUT2D eigenvalue weighted by molar-refractivity contribution is -0.143. The first-order chi connectivity index (χ1) is 9.15. The summed E-state index contributed by atoms with van der Waals surface area (Å²) in [6, 6.07) is 6.76. The van der Waals surface area contributed by atoms with Crippen LogP contribution in [0.15, 0.2) is 24.3 Å². The number of aryl methyl sites for hydroxylation is 1. The van der Waals surface area contributed by atoms with Gasteiger partial charge in [-0.05, 0) is 37.3 Å². The van der Waals surface area contributed by atoms with Gasteiger partial charge >= 0.3 is 5.97 Å². The first-order valence-electron chi connectivity index (χ1n) is 6.76. The fraction of sp³-hybridized carbons (Fsp3) is 0.467. The number of hydrogen-bond acceptors (Lipinski definition) is 2. The van der Waals surface area contributed by atoms with Crippen molar-refractivity contribution >= 4 is 11.9 Å². The van der Waals surface area contributed by atoms with Crippen LogP contribution < -0.4 is 0 Å². The van der Waals surface area contributed by atoms with Gasteiger partial charge in [0, 0.05) is 12.1 Å². The molecule has 1 aliphatic rings. The number of carboxylic acids is 1. The van der Waals surface area contributed by atoms with E-state index in [1.54, 1.807) is 6.07 Å². The van der Waals surface area contributed by atoms with E-state index in [-0.39, 0.29) is 5.91 Å². The van der Waals surface area contributed by atoms with Crippen LogP contribution in [0.25, 0.3) is 0 Å². The zero-order valence-corrected chi connectivity index (χ0v) is 11.1. The molecule has 1 saturated heterocycles. The molecule has 1 aromatic carbocycles. The standard InChI is InChI=1S/C15H19NO3/c1-2-11-7-3-4-8-12(11)14(17)16-10-6-5-9-13(16)15(18)19/h3-4,7-8,13H,2,5-6,9-10H2,1H3,(H,18,19)/t13-/m0/s1. The SMILES string of the molecule is CCc1ccccc1C(=O)N1CCCC[C@H]1C(=O)O. The Morgan fingerprint density at radius 3 is 2.74 bits per heavy atom. The molecule has 1 aliphatic heterocycles. The van der Waals surface area contributed by atoms with Crippen molar-refractivity contribution in [2.24, 2.45) is 0 Å². The molecule has 1 heterocycles. The van der Waals surface area contributed by atoms with Crippen LogP contribution in [0.2, 0.25) is 0 Å². The van der Waals surface area contributed by atoms with Gasteiger partial charge in [-0.15, -0.1) is 0 Å². The summed E-state index contributed by atoms with van der Waals surface area (Å²) in [6.45, 7) is 2.53. The average molecular weight is 261 g/mol. The van der Waals surface area contributed by atoms with Gasteiger partial charge < -0.3 is 10.0 Å². The normalized spacial score (nSPS) is 19.2. The monoisotopic (exact) mass is 261 g/mol. The molecule has 2 rings (SSSR count). The van der Waals surface area contributed by atoms with E-state index in [1.807, 2.05) is 25.1 Å². The summed E-state index contributed by atoms with van der Waals surface area (Å²) in [4.78, 5) is 25.3. The Hall–Kier alpha value is -1.84. The Labute approximate surface area is 113 Å². The Morgan fingerprint density at radius 1 is 1.32 bits per heavy atom. The molecular weight excluding hydrogens is 242 g/mol. The lowest BCUT2D eigenvalue weighted by Crippen LogP contribution is -2.48. The van der Waals surface area contributed by atoms with E-state index in [2.05, 4.69) is 0 Å². The topological polar surface area (TPSA) is 57.6 Å². The highest BCUT2D eigenvalue weighted by molar-refractivity contribution is 5.98. The zero-order chi connectivity index (χ0) is 13.8. The van der Waals surface area contributed by atoms with Crippen molar-refractivity contribution in [2.45, 2.75) is 38.6 Å². The van der Waals surface area contributed by atoms with Gasteiger partial charge in [0.1, 0.15) is 6.04 Å². The third-order valence-corrected chi connectivity index (χ3v) is 3.68. The highest BCUT2D eigenvalue weighted by Crippen LogP contribution is 2.21. The molecule has 19 heavy (non-hydrogen) atoms. The maximum atomic E-state index is 12.6. The smallest absolute Gasteiger partial charge is 0.326 e. The number of amides is 1. The number of carbonyl (C=O) groups excluding carboxylic acids is 1. The van der Waals surface area contributed by atoms with E-state index >= 15 is 0 Å². The summed E-state index contributed by atoms with van der Waals surface area (Å²) < 4.78 is 0. The molecule has 1 amide bonds. The van der Waals surface area contributed by atoms with E-state index in [0.29, 0.717) is 18.5 Å². The fourth-order valence-electron chi connectivity index (χ4n) is 2.62. The number of nitrogens with zero attached hydrogens (tertiary/aromatic N) is 1. The molecule has 0 aliphatic carbocycles. The summed E-state index contributed by atoms with van der Waals surface area (Å²) in [7, 11) is 0. The van der Waals surface area contributed by atoms with Crippen LogP contribution in [0.5, 0.6) is 0 Å². The minimum atomic E-state index is -0.901. The highest BCUT2D eigenvalue weighted by Gasteiger charge is 2.32. The molecule has 0 bridgehead atoms. The van der Waals surface area contributed by atoms with Crippen molar-refractivity contribution in [2.75, 3.05) is 6.54 Å². The highest BCUT2D eigenvalue weighted by atomic mass is 16.4. The van der Waals surface area contributed by atoms with E-state index in [1.165, 1.54) is 4.90 Å². The maximum Gasteiger partial charge on any atom is 0.326 e. The number of carboxylic acid groups (broad SMARTS) is 1. The molecule has 1 atom stereocenters. The molecule has 1 N–H and O–H groups in total. The van der Waals surface area contributed by atoms with Crippen LogP contribution in [0.1, 0.15) is 42.1 Å². The number of rotatable bonds is 3.